The molecule has 0 aliphatic heterocycles. The van der Waals surface area contributed by atoms with E-state index in [-0.39, 0.29) is 13.0 Å². The third kappa shape index (κ3) is 25.4. The molecule has 0 spiro atoms. The van der Waals surface area contributed by atoms with Gasteiger partial charge in [0.05, 0.1) is 6.61 Å². The van der Waals surface area contributed by atoms with Crippen LogP contribution in [0.4, 0.5) is 0 Å². The van der Waals surface area contributed by atoms with Gasteiger partial charge in [0.2, 0.25) is 0 Å². The van der Waals surface area contributed by atoms with Crippen molar-refractivity contribution < 1.29 is 27.2 Å². The lowest BCUT2D eigenvalue weighted by Crippen LogP contribution is -2.23. The Morgan fingerprint density at radius 2 is 0.833 bits per heavy atom. The van der Waals surface area contributed by atoms with Crippen molar-refractivity contribution in [3.8, 4) is 0 Å². The number of ether oxygens (including phenoxy) is 2. The molecule has 0 radical (unpaired) electrons. The Balaban J connectivity index is 3.44. The van der Waals surface area contributed by atoms with E-state index in [1.807, 2.05) is 0 Å². The maximum absolute atomic E-state index is 12.1. The number of rotatable bonds is 30. The van der Waals surface area contributed by atoms with Crippen molar-refractivity contribution >= 4 is 10.1 Å². The minimum atomic E-state index is -3.87. The topological polar surface area (TPSA) is 82.1 Å². The Hall–Kier alpha value is -0.210. The van der Waals surface area contributed by atoms with Gasteiger partial charge >= 0.3 is 0 Å². The van der Waals surface area contributed by atoms with Crippen LogP contribution in [0.3, 0.4) is 0 Å². The standard InChI is InChI=1S/C29H60O6S/c1-3-5-7-18-24-33-26-20-14-10-9-13-17-23-29(30)36(31,32)35-28-22-16-12-11-15-21-27-34-25-19-8-6-4-2/h29-30H,3-28H2,1-2H3. The van der Waals surface area contributed by atoms with E-state index in [0.717, 1.165) is 90.6 Å². The number of unbranched alkanes of at least 4 members (excludes halogenated alkanes) is 16. The summed E-state index contributed by atoms with van der Waals surface area (Å²) in [6.45, 7) is 8.05. The molecule has 0 bridgehead atoms. The molecule has 1 unspecified atom stereocenters. The smallest absolute Gasteiger partial charge is 0.294 e. The van der Waals surface area contributed by atoms with E-state index < -0.39 is 15.6 Å². The highest BCUT2D eigenvalue weighted by atomic mass is 32.2. The molecule has 218 valence electrons. The summed E-state index contributed by atoms with van der Waals surface area (Å²) in [5.41, 5.74) is -1.40. The Morgan fingerprint density at radius 3 is 1.25 bits per heavy atom. The summed E-state index contributed by atoms with van der Waals surface area (Å²) in [6, 6.07) is 0. The van der Waals surface area contributed by atoms with Gasteiger partial charge in [0.15, 0.2) is 5.44 Å². The quantitative estimate of drug-likeness (QED) is 0.0741. The van der Waals surface area contributed by atoms with Gasteiger partial charge in [-0.1, -0.05) is 104 Å². The molecular formula is C29H60O6S. The molecule has 0 rings (SSSR count). The van der Waals surface area contributed by atoms with E-state index in [1.165, 1.54) is 51.4 Å². The van der Waals surface area contributed by atoms with E-state index in [2.05, 4.69) is 13.8 Å². The van der Waals surface area contributed by atoms with Gasteiger partial charge < -0.3 is 14.6 Å². The van der Waals surface area contributed by atoms with Crippen molar-refractivity contribution in [2.75, 3.05) is 33.0 Å². The summed E-state index contributed by atoms with van der Waals surface area (Å²) < 4.78 is 40.5. The monoisotopic (exact) mass is 536 g/mol. The molecule has 0 saturated carbocycles. The average Bonchev–Trinajstić information content (AvgIpc) is 2.86. The van der Waals surface area contributed by atoms with E-state index in [4.69, 9.17) is 13.7 Å². The first kappa shape index (κ1) is 35.8. The van der Waals surface area contributed by atoms with Crippen LogP contribution >= 0.6 is 0 Å². The predicted molar refractivity (Wildman–Crippen MR) is 151 cm³/mol. The maximum atomic E-state index is 12.1. The van der Waals surface area contributed by atoms with Crippen LogP contribution in [0.2, 0.25) is 0 Å². The Bertz CT molecular complexity index is 526. The normalized spacial score (nSPS) is 12.9. The van der Waals surface area contributed by atoms with E-state index >= 15 is 0 Å². The van der Waals surface area contributed by atoms with Crippen molar-refractivity contribution in [3.05, 3.63) is 0 Å². The molecule has 0 fully saturated rings. The zero-order valence-electron chi connectivity index (χ0n) is 23.9. The summed E-state index contributed by atoms with van der Waals surface area (Å²) in [6.07, 6.45) is 22.4. The van der Waals surface area contributed by atoms with Crippen LogP contribution in [-0.2, 0) is 23.8 Å². The zero-order valence-corrected chi connectivity index (χ0v) is 24.7. The van der Waals surface area contributed by atoms with Crippen molar-refractivity contribution in [1.29, 1.82) is 0 Å². The number of hydrogen-bond donors (Lipinski definition) is 1. The van der Waals surface area contributed by atoms with Gasteiger partial charge in [-0.25, -0.2) is 0 Å². The third-order valence-corrected chi connectivity index (χ3v) is 7.94. The molecule has 36 heavy (non-hydrogen) atoms. The van der Waals surface area contributed by atoms with E-state index in [9.17, 15) is 13.5 Å². The van der Waals surface area contributed by atoms with Crippen LogP contribution in [0.25, 0.3) is 0 Å². The number of aliphatic hydroxyl groups excluding tert-OH is 1. The van der Waals surface area contributed by atoms with Gasteiger partial charge in [-0.05, 0) is 44.9 Å². The molecule has 0 aromatic carbocycles. The highest BCUT2D eigenvalue weighted by molar-refractivity contribution is 7.87. The lowest BCUT2D eigenvalue weighted by atomic mass is 10.1. The van der Waals surface area contributed by atoms with Crippen molar-refractivity contribution in [3.63, 3.8) is 0 Å². The summed E-state index contributed by atoms with van der Waals surface area (Å²) >= 11 is 0. The van der Waals surface area contributed by atoms with Gasteiger partial charge in [0, 0.05) is 26.4 Å². The SMILES string of the molecule is CCCCCCOCCCCCCCCOS(=O)(=O)C(O)CCCCCCCCOCCCCCC. The van der Waals surface area contributed by atoms with Gasteiger partial charge in [-0.15, -0.1) is 0 Å². The van der Waals surface area contributed by atoms with Crippen molar-refractivity contribution in [2.24, 2.45) is 0 Å². The fourth-order valence-electron chi connectivity index (χ4n) is 4.11. The van der Waals surface area contributed by atoms with E-state index in [0.29, 0.717) is 12.8 Å². The van der Waals surface area contributed by atoms with Crippen molar-refractivity contribution in [1.82, 2.24) is 0 Å². The van der Waals surface area contributed by atoms with Crippen molar-refractivity contribution in [2.45, 2.75) is 154 Å². The van der Waals surface area contributed by atoms with Crippen LogP contribution in [0.1, 0.15) is 149 Å². The minimum absolute atomic E-state index is 0.168. The highest BCUT2D eigenvalue weighted by Gasteiger charge is 2.23. The predicted octanol–water partition coefficient (Wildman–Crippen LogP) is 7.92. The minimum Gasteiger partial charge on any atom is -0.381 e. The average molecular weight is 537 g/mol. The maximum Gasteiger partial charge on any atom is 0.294 e. The van der Waals surface area contributed by atoms with Gasteiger partial charge in [-0.2, -0.15) is 8.42 Å². The molecule has 0 saturated heterocycles. The molecule has 0 aliphatic carbocycles. The summed E-state index contributed by atoms with van der Waals surface area (Å²) in [4.78, 5) is 0. The van der Waals surface area contributed by atoms with Crippen LogP contribution in [0.15, 0.2) is 0 Å². The molecule has 0 amide bonds. The first-order valence-corrected chi connectivity index (χ1v) is 16.7. The molecule has 6 nitrogen and oxygen atoms in total. The van der Waals surface area contributed by atoms with Gasteiger partial charge in [0.1, 0.15) is 0 Å². The fraction of sp³-hybridized carbons (Fsp3) is 1.00. The largest absolute Gasteiger partial charge is 0.381 e. The summed E-state index contributed by atoms with van der Waals surface area (Å²) in [7, 11) is -3.87. The lowest BCUT2D eigenvalue weighted by Gasteiger charge is -2.12. The second-order valence-corrected chi connectivity index (χ2v) is 11.9. The third-order valence-electron chi connectivity index (χ3n) is 6.54. The van der Waals surface area contributed by atoms with Crippen LogP contribution < -0.4 is 0 Å². The van der Waals surface area contributed by atoms with Gasteiger partial charge in [-0.3, -0.25) is 4.18 Å². The van der Waals surface area contributed by atoms with Gasteiger partial charge in [0.25, 0.3) is 10.1 Å². The molecule has 7 heteroatoms. The Morgan fingerprint density at radius 1 is 0.500 bits per heavy atom. The van der Waals surface area contributed by atoms with Crippen LogP contribution in [0.5, 0.6) is 0 Å². The molecule has 0 heterocycles. The highest BCUT2D eigenvalue weighted by Crippen LogP contribution is 2.14. The number of aliphatic hydroxyl groups is 1. The van der Waals surface area contributed by atoms with E-state index in [1.54, 1.807) is 0 Å². The molecule has 1 N–H and O–H groups in total. The molecule has 0 aromatic rings. The Labute approximate surface area is 224 Å². The second kappa shape index (κ2) is 27.8. The lowest BCUT2D eigenvalue weighted by molar-refractivity contribution is 0.125. The summed E-state index contributed by atoms with van der Waals surface area (Å²) in [5.74, 6) is 0. The zero-order chi connectivity index (χ0) is 26.6. The van der Waals surface area contributed by atoms with Crippen LogP contribution in [0, 0.1) is 0 Å². The fourth-order valence-corrected chi connectivity index (χ4v) is 5.07. The molecule has 0 aromatic heterocycles. The summed E-state index contributed by atoms with van der Waals surface area (Å²) in [5, 5.41) is 10.0. The second-order valence-electron chi connectivity index (χ2n) is 10.1. The Kier molecular flexibility index (Phi) is 27.7. The first-order valence-electron chi connectivity index (χ1n) is 15.3. The number of hydrogen-bond acceptors (Lipinski definition) is 6. The van der Waals surface area contributed by atoms with Crippen LogP contribution in [-0.4, -0.2) is 52.0 Å². The first-order chi connectivity index (χ1) is 17.5. The molecule has 0 aliphatic rings. The molecule has 1 atom stereocenters. The molecular weight excluding hydrogens is 476 g/mol.